The van der Waals surface area contributed by atoms with Crippen molar-refractivity contribution in [1.82, 2.24) is 4.90 Å². The molecule has 2 N–H and O–H groups in total. The van der Waals surface area contributed by atoms with Crippen LogP contribution < -0.4 is 5.73 Å². The van der Waals surface area contributed by atoms with Crippen LogP contribution in [0.25, 0.3) is 0 Å². The predicted octanol–water partition coefficient (Wildman–Crippen LogP) is 0.441. The maximum atomic E-state index is 13.7. The standard InChI is InChI=1S/C12H13FN2O3S/c13-9-2-1-7(19)5-8(9)12(17)15-3-4-18-6-10(15)11(14)16/h1-2,5,10,19H,3-4,6H2,(H2,14,16). The van der Waals surface area contributed by atoms with E-state index in [1.807, 2.05) is 0 Å². The summed E-state index contributed by atoms with van der Waals surface area (Å²) in [7, 11) is 0. The summed E-state index contributed by atoms with van der Waals surface area (Å²) < 4.78 is 18.8. The third-order valence-corrected chi connectivity index (χ3v) is 3.18. The van der Waals surface area contributed by atoms with E-state index in [0.717, 1.165) is 6.07 Å². The first-order chi connectivity index (χ1) is 9.00. The summed E-state index contributed by atoms with van der Waals surface area (Å²) in [6.07, 6.45) is 0. The summed E-state index contributed by atoms with van der Waals surface area (Å²) in [6, 6.07) is 3.06. The monoisotopic (exact) mass is 284 g/mol. The Balaban J connectivity index is 2.31. The predicted molar refractivity (Wildman–Crippen MR) is 68.5 cm³/mol. The topological polar surface area (TPSA) is 72.6 Å². The van der Waals surface area contributed by atoms with Crippen LogP contribution in [0.4, 0.5) is 4.39 Å². The van der Waals surface area contributed by atoms with Crippen LogP contribution >= 0.6 is 12.6 Å². The zero-order chi connectivity index (χ0) is 14.0. The van der Waals surface area contributed by atoms with E-state index in [9.17, 15) is 14.0 Å². The number of primary amides is 1. The van der Waals surface area contributed by atoms with Crippen LogP contribution in [0.2, 0.25) is 0 Å². The highest BCUT2D eigenvalue weighted by Crippen LogP contribution is 2.18. The maximum Gasteiger partial charge on any atom is 0.257 e. The number of nitrogens with two attached hydrogens (primary N) is 1. The van der Waals surface area contributed by atoms with Crippen molar-refractivity contribution in [2.24, 2.45) is 5.73 Å². The highest BCUT2D eigenvalue weighted by molar-refractivity contribution is 7.80. The van der Waals surface area contributed by atoms with Gasteiger partial charge in [-0.2, -0.15) is 0 Å². The van der Waals surface area contributed by atoms with Gasteiger partial charge in [0.15, 0.2) is 0 Å². The van der Waals surface area contributed by atoms with Crippen molar-refractivity contribution in [3.63, 3.8) is 0 Å². The molecule has 1 aromatic rings. The molecule has 0 bridgehead atoms. The molecule has 7 heteroatoms. The van der Waals surface area contributed by atoms with Crippen LogP contribution in [0, 0.1) is 5.82 Å². The highest BCUT2D eigenvalue weighted by atomic mass is 32.1. The SMILES string of the molecule is NC(=O)C1COCCN1C(=O)c1cc(S)ccc1F. The van der Waals surface area contributed by atoms with E-state index in [2.05, 4.69) is 12.6 Å². The van der Waals surface area contributed by atoms with Gasteiger partial charge in [0.1, 0.15) is 11.9 Å². The van der Waals surface area contributed by atoms with Gasteiger partial charge in [-0.1, -0.05) is 0 Å². The molecular weight excluding hydrogens is 271 g/mol. The molecule has 1 saturated heterocycles. The molecule has 2 amide bonds. The summed E-state index contributed by atoms with van der Waals surface area (Å²) in [6.45, 7) is 0.518. The molecule has 0 spiro atoms. The molecule has 1 fully saturated rings. The number of benzene rings is 1. The third kappa shape index (κ3) is 2.87. The first-order valence-corrected chi connectivity index (χ1v) is 6.12. The maximum absolute atomic E-state index is 13.7. The van der Waals surface area contributed by atoms with Crippen molar-refractivity contribution >= 4 is 24.4 Å². The van der Waals surface area contributed by atoms with Gasteiger partial charge < -0.3 is 15.4 Å². The molecule has 1 atom stereocenters. The van der Waals surface area contributed by atoms with Crippen molar-refractivity contribution in [3.8, 4) is 0 Å². The lowest BCUT2D eigenvalue weighted by atomic mass is 10.1. The average molecular weight is 284 g/mol. The largest absolute Gasteiger partial charge is 0.377 e. The molecule has 0 aliphatic carbocycles. The minimum atomic E-state index is -0.871. The Morgan fingerprint density at radius 2 is 2.21 bits per heavy atom. The molecule has 1 aliphatic rings. The molecule has 5 nitrogen and oxygen atoms in total. The molecular formula is C12H13FN2O3S. The Kier molecular flexibility index (Phi) is 4.06. The van der Waals surface area contributed by atoms with Crippen LogP contribution in [-0.2, 0) is 9.53 Å². The molecule has 1 unspecified atom stereocenters. The van der Waals surface area contributed by atoms with Crippen LogP contribution in [0.5, 0.6) is 0 Å². The number of ether oxygens (including phenoxy) is 1. The fourth-order valence-electron chi connectivity index (χ4n) is 1.91. The quantitative estimate of drug-likeness (QED) is 0.774. The minimum absolute atomic E-state index is 0.0310. The number of morpholine rings is 1. The Morgan fingerprint density at radius 1 is 1.47 bits per heavy atom. The van der Waals surface area contributed by atoms with E-state index >= 15 is 0 Å². The van der Waals surface area contributed by atoms with Gasteiger partial charge in [-0.25, -0.2) is 4.39 Å². The Labute approximate surface area is 114 Å². The highest BCUT2D eigenvalue weighted by Gasteiger charge is 2.33. The van der Waals surface area contributed by atoms with E-state index in [0.29, 0.717) is 4.90 Å². The lowest BCUT2D eigenvalue weighted by molar-refractivity contribution is -0.127. The van der Waals surface area contributed by atoms with Crippen molar-refractivity contribution < 1.29 is 18.7 Å². The van der Waals surface area contributed by atoms with Crippen molar-refractivity contribution in [2.75, 3.05) is 19.8 Å². The smallest absolute Gasteiger partial charge is 0.257 e. The molecule has 19 heavy (non-hydrogen) atoms. The molecule has 0 saturated carbocycles. The van der Waals surface area contributed by atoms with Gasteiger partial charge >= 0.3 is 0 Å². The molecule has 2 rings (SSSR count). The summed E-state index contributed by atoms with van der Waals surface area (Å²) >= 11 is 4.07. The van der Waals surface area contributed by atoms with E-state index in [4.69, 9.17) is 10.5 Å². The molecule has 1 heterocycles. The molecule has 0 aromatic heterocycles. The number of nitrogens with zero attached hydrogens (tertiary/aromatic N) is 1. The molecule has 0 radical (unpaired) electrons. The van der Waals surface area contributed by atoms with Crippen LogP contribution in [0.15, 0.2) is 23.1 Å². The first-order valence-electron chi connectivity index (χ1n) is 5.67. The number of carbonyl (C=O) groups is 2. The van der Waals surface area contributed by atoms with Gasteiger partial charge in [0, 0.05) is 11.4 Å². The second-order valence-electron chi connectivity index (χ2n) is 4.16. The van der Waals surface area contributed by atoms with E-state index in [1.54, 1.807) is 0 Å². The van der Waals surface area contributed by atoms with Crippen LogP contribution in [-0.4, -0.2) is 42.5 Å². The van der Waals surface area contributed by atoms with Gasteiger partial charge in [-0.05, 0) is 18.2 Å². The molecule has 102 valence electrons. The third-order valence-electron chi connectivity index (χ3n) is 2.90. The van der Waals surface area contributed by atoms with Gasteiger partial charge in [0.05, 0.1) is 18.8 Å². The number of rotatable bonds is 2. The van der Waals surface area contributed by atoms with Crippen LogP contribution in [0.3, 0.4) is 0 Å². The summed E-state index contributed by atoms with van der Waals surface area (Å²) in [5.41, 5.74) is 5.10. The van der Waals surface area contributed by atoms with Crippen molar-refractivity contribution in [3.05, 3.63) is 29.6 Å². The number of carbonyl (C=O) groups excluding carboxylic acids is 2. The van der Waals surface area contributed by atoms with Gasteiger partial charge in [0.25, 0.3) is 5.91 Å². The summed E-state index contributed by atoms with van der Waals surface area (Å²) in [4.78, 5) is 25.3. The number of hydrogen-bond acceptors (Lipinski definition) is 4. The molecule has 1 aromatic carbocycles. The van der Waals surface area contributed by atoms with E-state index in [-0.39, 0.29) is 25.3 Å². The minimum Gasteiger partial charge on any atom is -0.377 e. The fraction of sp³-hybridized carbons (Fsp3) is 0.333. The lowest BCUT2D eigenvalue weighted by Crippen LogP contribution is -2.54. The molecule has 1 aliphatic heterocycles. The zero-order valence-corrected chi connectivity index (χ0v) is 10.9. The van der Waals surface area contributed by atoms with Crippen LogP contribution in [0.1, 0.15) is 10.4 Å². The average Bonchev–Trinajstić information content (AvgIpc) is 2.40. The normalized spacial score (nSPS) is 19.3. The Morgan fingerprint density at radius 3 is 2.89 bits per heavy atom. The number of hydrogen-bond donors (Lipinski definition) is 2. The van der Waals surface area contributed by atoms with E-state index in [1.165, 1.54) is 17.0 Å². The second-order valence-corrected chi connectivity index (χ2v) is 4.67. The van der Waals surface area contributed by atoms with Gasteiger partial charge in [-0.15, -0.1) is 12.6 Å². The van der Waals surface area contributed by atoms with Crippen molar-refractivity contribution in [2.45, 2.75) is 10.9 Å². The fourth-order valence-corrected chi connectivity index (χ4v) is 2.12. The van der Waals surface area contributed by atoms with Crippen molar-refractivity contribution in [1.29, 1.82) is 0 Å². The second kappa shape index (κ2) is 5.58. The van der Waals surface area contributed by atoms with Gasteiger partial charge in [0.2, 0.25) is 5.91 Å². The zero-order valence-electron chi connectivity index (χ0n) is 10.0. The lowest BCUT2D eigenvalue weighted by Gasteiger charge is -2.33. The Hall–Kier alpha value is -1.60. The first kappa shape index (κ1) is 13.8. The Bertz CT molecular complexity index is 524. The summed E-state index contributed by atoms with van der Waals surface area (Å²) in [5.74, 6) is -1.91. The number of halogens is 1. The number of amides is 2. The summed E-state index contributed by atoms with van der Waals surface area (Å²) in [5, 5.41) is 0. The van der Waals surface area contributed by atoms with Gasteiger partial charge in [-0.3, -0.25) is 9.59 Å². The number of thiol groups is 1. The van der Waals surface area contributed by atoms with E-state index < -0.39 is 23.7 Å².